The van der Waals surface area contributed by atoms with Crippen LogP contribution >= 0.6 is 0 Å². The molecule has 1 fully saturated rings. The molecule has 1 aromatic heterocycles. The van der Waals surface area contributed by atoms with Crippen molar-refractivity contribution in [1.82, 2.24) is 9.88 Å². The van der Waals surface area contributed by atoms with Crippen LogP contribution in [0.1, 0.15) is 24.3 Å². The van der Waals surface area contributed by atoms with E-state index in [0.717, 1.165) is 31.4 Å². The van der Waals surface area contributed by atoms with Gasteiger partial charge in [0.1, 0.15) is 0 Å². The normalized spacial score (nSPS) is 16.3. The van der Waals surface area contributed by atoms with Crippen molar-refractivity contribution in [2.75, 3.05) is 13.1 Å². The number of hydrogen-bond donors (Lipinski definition) is 0. The summed E-state index contributed by atoms with van der Waals surface area (Å²) in [5, 5.41) is 1.24. The molecule has 102 valence electrons. The highest BCUT2D eigenvalue weighted by atomic mass is 16.2. The van der Waals surface area contributed by atoms with Crippen LogP contribution in [0.2, 0.25) is 0 Å². The van der Waals surface area contributed by atoms with Crippen LogP contribution in [0.25, 0.3) is 10.9 Å². The maximum atomic E-state index is 11.6. The molecule has 0 unspecified atom stereocenters. The average Bonchev–Trinajstić information content (AvgIpc) is 2.54. The van der Waals surface area contributed by atoms with Gasteiger partial charge in [0.2, 0.25) is 5.91 Å². The summed E-state index contributed by atoms with van der Waals surface area (Å²) in [5.74, 6) is 0.555. The van der Waals surface area contributed by atoms with Crippen LogP contribution in [-0.4, -0.2) is 28.9 Å². The second-order valence-corrected chi connectivity index (χ2v) is 5.22. The van der Waals surface area contributed by atoms with Gasteiger partial charge in [0.25, 0.3) is 0 Å². The molecule has 2 aromatic rings. The van der Waals surface area contributed by atoms with E-state index >= 15 is 0 Å². The Morgan fingerprint density at radius 3 is 2.75 bits per heavy atom. The van der Waals surface area contributed by atoms with E-state index in [9.17, 15) is 4.79 Å². The van der Waals surface area contributed by atoms with Gasteiger partial charge in [0.15, 0.2) is 0 Å². The topological polar surface area (TPSA) is 33.2 Å². The summed E-state index contributed by atoms with van der Waals surface area (Å²) < 4.78 is 0. The van der Waals surface area contributed by atoms with Gasteiger partial charge in [-0.25, -0.2) is 0 Å². The van der Waals surface area contributed by atoms with Gasteiger partial charge < -0.3 is 4.90 Å². The molecule has 0 bridgehead atoms. The molecule has 0 aliphatic carbocycles. The average molecular weight is 266 g/mol. The summed E-state index contributed by atoms with van der Waals surface area (Å²) in [6.45, 7) is 5.18. The van der Waals surface area contributed by atoms with E-state index in [2.05, 4.69) is 35.8 Å². The summed E-state index contributed by atoms with van der Waals surface area (Å²) in [7, 11) is 0. The number of piperidine rings is 1. The van der Waals surface area contributed by atoms with Crippen molar-refractivity contribution in [3.05, 3.63) is 54.7 Å². The third kappa shape index (κ3) is 2.31. The maximum Gasteiger partial charge on any atom is 0.245 e. The van der Waals surface area contributed by atoms with Gasteiger partial charge >= 0.3 is 0 Å². The second-order valence-electron chi connectivity index (χ2n) is 5.22. The van der Waals surface area contributed by atoms with Crippen LogP contribution in [-0.2, 0) is 4.79 Å². The van der Waals surface area contributed by atoms with E-state index < -0.39 is 0 Å². The number of rotatable bonds is 2. The lowest BCUT2D eigenvalue weighted by Gasteiger charge is -2.32. The third-order valence-electron chi connectivity index (χ3n) is 4.10. The summed E-state index contributed by atoms with van der Waals surface area (Å²) in [4.78, 5) is 17.9. The van der Waals surface area contributed by atoms with E-state index in [-0.39, 0.29) is 5.91 Å². The molecule has 0 radical (unpaired) electrons. The SMILES string of the molecule is C=CC(=O)N1CCC(c2ccnc3ccccc23)CC1. The van der Waals surface area contributed by atoms with Crippen LogP contribution in [0.4, 0.5) is 0 Å². The lowest BCUT2D eigenvalue weighted by Crippen LogP contribution is -2.36. The Kier molecular flexibility index (Phi) is 3.50. The Labute approximate surface area is 118 Å². The zero-order chi connectivity index (χ0) is 13.9. The Morgan fingerprint density at radius 2 is 2.00 bits per heavy atom. The van der Waals surface area contributed by atoms with Crippen molar-refractivity contribution in [1.29, 1.82) is 0 Å². The van der Waals surface area contributed by atoms with Gasteiger partial charge in [-0.2, -0.15) is 0 Å². The van der Waals surface area contributed by atoms with E-state index in [0.29, 0.717) is 5.92 Å². The van der Waals surface area contributed by atoms with Crippen molar-refractivity contribution < 1.29 is 4.79 Å². The van der Waals surface area contributed by atoms with Gasteiger partial charge in [0, 0.05) is 24.7 Å². The van der Waals surface area contributed by atoms with Crippen LogP contribution in [0.3, 0.4) is 0 Å². The fourth-order valence-electron chi connectivity index (χ4n) is 3.01. The Morgan fingerprint density at radius 1 is 1.25 bits per heavy atom. The molecule has 1 saturated heterocycles. The molecule has 3 heteroatoms. The number of hydrogen-bond acceptors (Lipinski definition) is 2. The predicted octanol–water partition coefficient (Wildman–Crippen LogP) is 3.13. The Balaban J connectivity index is 1.83. The third-order valence-corrected chi connectivity index (χ3v) is 4.10. The summed E-state index contributed by atoms with van der Waals surface area (Å²) in [6, 6.07) is 10.4. The van der Waals surface area contributed by atoms with E-state index in [1.165, 1.54) is 17.0 Å². The molecule has 0 saturated carbocycles. The van der Waals surface area contributed by atoms with Crippen molar-refractivity contribution in [2.24, 2.45) is 0 Å². The molecule has 1 aliphatic rings. The quantitative estimate of drug-likeness (QED) is 0.782. The molecule has 0 N–H and O–H groups in total. The number of aromatic nitrogens is 1. The zero-order valence-corrected chi connectivity index (χ0v) is 11.5. The molecule has 3 nitrogen and oxygen atoms in total. The molecule has 2 heterocycles. The highest BCUT2D eigenvalue weighted by molar-refractivity contribution is 5.87. The number of nitrogens with zero attached hydrogens (tertiary/aromatic N) is 2. The van der Waals surface area contributed by atoms with Gasteiger partial charge in [-0.1, -0.05) is 24.8 Å². The lowest BCUT2D eigenvalue weighted by atomic mass is 9.87. The molecule has 3 rings (SSSR count). The monoisotopic (exact) mass is 266 g/mol. The molecule has 1 aromatic carbocycles. The van der Waals surface area contributed by atoms with Gasteiger partial charge in [0.05, 0.1) is 5.52 Å². The van der Waals surface area contributed by atoms with Crippen molar-refractivity contribution in [2.45, 2.75) is 18.8 Å². The largest absolute Gasteiger partial charge is 0.339 e. The zero-order valence-electron chi connectivity index (χ0n) is 11.5. The lowest BCUT2D eigenvalue weighted by molar-refractivity contribution is -0.127. The minimum absolute atomic E-state index is 0.0445. The number of likely N-dealkylation sites (tertiary alicyclic amines) is 1. The second kappa shape index (κ2) is 5.45. The van der Waals surface area contributed by atoms with E-state index in [1.807, 2.05) is 17.2 Å². The number of pyridine rings is 1. The number of carbonyl (C=O) groups excluding carboxylic acids is 1. The first kappa shape index (κ1) is 12.9. The Bertz CT molecular complexity index is 637. The van der Waals surface area contributed by atoms with Crippen LogP contribution in [0, 0.1) is 0 Å². The minimum atomic E-state index is 0.0445. The maximum absolute atomic E-state index is 11.6. The highest BCUT2D eigenvalue weighted by Crippen LogP contribution is 2.32. The van der Waals surface area contributed by atoms with Crippen molar-refractivity contribution >= 4 is 16.8 Å². The first-order chi connectivity index (χ1) is 9.79. The van der Waals surface area contributed by atoms with E-state index in [1.54, 1.807) is 0 Å². The summed E-state index contributed by atoms with van der Waals surface area (Å²) in [5.41, 5.74) is 2.41. The van der Waals surface area contributed by atoms with Gasteiger partial charge in [-0.3, -0.25) is 9.78 Å². The number of para-hydroxylation sites is 1. The Hall–Kier alpha value is -2.16. The first-order valence-electron chi connectivity index (χ1n) is 7.04. The number of benzene rings is 1. The van der Waals surface area contributed by atoms with Crippen LogP contribution in [0.5, 0.6) is 0 Å². The van der Waals surface area contributed by atoms with Gasteiger partial charge in [-0.05, 0) is 42.5 Å². The predicted molar refractivity (Wildman–Crippen MR) is 80.5 cm³/mol. The van der Waals surface area contributed by atoms with Crippen LogP contribution < -0.4 is 0 Å². The summed E-state index contributed by atoms with van der Waals surface area (Å²) >= 11 is 0. The highest BCUT2D eigenvalue weighted by Gasteiger charge is 2.23. The van der Waals surface area contributed by atoms with Crippen molar-refractivity contribution in [3.8, 4) is 0 Å². The fourth-order valence-corrected chi connectivity index (χ4v) is 3.01. The molecular weight excluding hydrogens is 248 g/mol. The molecule has 1 amide bonds. The molecule has 20 heavy (non-hydrogen) atoms. The van der Waals surface area contributed by atoms with E-state index in [4.69, 9.17) is 0 Å². The molecular formula is C17H18N2O. The smallest absolute Gasteiger partial charge is 0.245 e. The minimum Gasteiger partial charge on any atom is -0.339 e. The van der Waals surface area contributed by atoms with Crippen molar-refractivity contribution in [3.63, 3.8) is 0 Å². The molecule has 0 atom stereocenters. The number of amides is 1. The van der Waals surface area contributed by atoms with Gasteiger partial charge in [-0.15, -0.1) is 0 Å². The standard InChI is InChI=1S/C17H18N2O/c1-2-17(20)19-11-8-13(9-12-19)14-7-10-18-16-6-4-3-5-15(14)16/h2-7,10,13H,1,8-9,11-12H2. The number of fused-ring (bicyclic) bond motifs is 1. The summed E-state index contributed by atoms with van der Waals surface area (Å²) in [6.07, 6.45) is 5.31. The first-order valence-corrected chi connectivity index (χ1v) is 7.04. The van der Waals surface area contributed by atoms with Crippen LogP contribution in [0.15, 0.2) is 49.2 Å². The molecule has 0 spiro atoms. The molecule has 1 aliphatic heterocycles. The fraction of sp³-hybridized carbons (Fsp3) is 0.294. The number of carbonyl (C=O) groups is 1.